The first-order chi connectivity index (χ1) is 6.20. The quantitative estimate of drug-likeness (QED) is 0.591. The van der Waals surface area contributed by atoms with Crippen LogP contribution in [-0.2, 0) is 9.47 Å². The van der Waals surface area contributed by atoms with Crippen molar-refractivity contribution in [2.75, 3.05) is 19.8 Å². The monoisotopic (exact) mass is 190 g/mol. The van der Waals surface area contributed by atoms with Crippen molar-refractivity contribution < 1.29 is 14.6 Å². The molecule has 3 nitrogen and oxygen atoms in total. The highest BCUT2D eigenvalue weighted by Gasteiger charge is 2.06. The van der Waals surface area contributed by atoms with Crippen molar-refractivity contribution in [3.8, 4) is 0 Å². The van der Waals surface area contributed by atoms with Crippen molar-refractivity contribution >= 4 is 0 Å². The second-order valence-corrected chi connectivity index (χ2v) is 3.37. The molecule has 0 fully saturated rings. The van der Waals surface area contributed by atoms with Gasteiger partial charge in [0.2, 0.25) is 0 Å². The van der Waals surface area contributed by atoms with E-state index in [1.54, 1.807) is 0 Å². The first kappa shape index (κ1) is 12.9. The summed E-state index contributed by atoms with van der Waals surface area (Å²) in [5.41, 5.74) is 0. The standard InChI is InChI=1S/C10H22O3/c1-4-5-6-12-8-10(3)13-9(2)7-11/h9-11H,4-8H2,1-3H3. The van der Waals surface area contributed by atoms with Gasteiger partial charge in [0.1, 0.15) is 0 Å². The third-order valence-electron chi connectivity index (χ3n) is 1.72. The molecule has 2 unspecified atom stereocenters. The number of ether oxygens (including phenoxy) is 2. The minimum atomic E-state index is -0.0928. The van der Waals surface area contributed by atoms with Gasteiger partial charge in [-0.1, -0.05) is 13.3 Å². The van der Waals surface area contributed by atoms with Gasteiger partial charge >= 0.3 is 0 Å². The third kappa shape index (κ3) is 8.22. The van der Waals surface area contributed by atoms with E-state index in [1.165, 1.54) is 0 Å². The topological polar surface area (TPSA) is 38.7 Å². The zero-order valence-electron chi connectivity index (χ0n) is 8.95. The van der Waals surface area contributed by atoms with E-state index in [-0.39, 0.29) is 18.8 Å². The van der Waals surface area contributed by atoms with Crippen LogP contribution < -0.4 is 0 Å². The molecule has 13 heavy (non-hydrogen) atoms. The molecule has 0 radical (unpaired) electrons. The summed E-state index contributed by atoms with van der Waals surface area (Å²) in [6.07, 6.45) is 2.23. The highest BCUT2D eigenvalue weighted by molar-refractivity contribution is 4.52. The van der Waals surface area contributed by atoms with Crippen molar-refractivity contribution in [2.45, 2.75) is 45.8 Å². The Morgan fingerprint density at radius 2 is 1.92 bits per heavy atom. The number of rotatable bonds is 8. The van der Waals surface area contributed by atoms with Gasteiger partial charge in [0.15, 0.2) is 0 Å². The largest absolute Gasteiger partial charge is 0.394 e. The molecule has 0 rings (SSSR count). The minimum Gasteiger partial charge on any atom is -0.394 e. The normalized spacial score (nSPS) is 15.7. The van der Waals surface area contributed by atoms with Crippen LogP contribution in [0.3, 0.4) is 0 Å². The summed E-state index contributed by atoms with van der Waals surface area (Å²) in [5, 5.41) is 8.73. The predicted molar refractivity (Wildman–Crippen MR) is 52.8 cm³/mol. The summed E-state index contributed by atoms with van der Waals surface area (Å²) >= 11 is 0. The number of hydrogen-bond donors (Lipinski definition) is 1. The Bertz CT molecular complexity index is 106. The van der Waals surface area contributed by atoms with E-state index in [1.807, 2.05) is 13.8 Å². The fourth-order valence-electron chi connectivity index (χ4n) is 0.975. The van der Waals surface area contributed by atoms with Gasteiger partial charge in [0, 0.05) is 6.61 Å². The SMILES string of the molecule is CCCCOCC(C)OC(C)CO. The molecule has 0 aromatic rings. The first-order valence-electron chi connectivity index (χ1n) is 5.04. The molecule has 0 aromatic heterocycles. The minimum absolute atomic E-state index is 0.0685. The van der Waals surface area contributed by atoms with Crippen molar-refractivity contribution in [3.63, 3.8) is 0 Å². The van der Waals surface area contributed by atoms with Crippen LogP contribution in [-0.4, -0.2) is 37.1 Å². The molecule has 0 amide bonds. The van der Waals surface area contributed by atoms with Crippen LogP contribution in [0.15, 0.2) is 0 Å². The molecular weight excluding hydrogens is 168 g/mol. The van der Waals surface area contributed by atoms with Crippen LogP contribution >= 0.6 is 0 Å². The van der Waals surface area contributed by atoms with Gasteiger partial charge in [-0.05, 0) is 20.3 Å². The van der Waals surface area contributed by atoms with Gasteiger partial charge in [-0.25, -0.2) is 0 Å². The number of aliphatic hydroxyl groups is 1. The molecule has 0 saturated carbocycles. The Morgan fingerprint density at radius 3 is 2.46 bits per heavy atom. The van der Waals surface area contributed by atoms with Crippen molar-refractivity contribution in [1.82, 2.24) is 0 Å². The van der Waals surface area contributed by atoms with Gasteiger partial charge in [-0.3, -0.25) is 0 Å². The number of hydrogen-bond acceptors (Lipinski definition) is 3. The Labute approximate surface area is 81.0 Å². The van der Waals surface area contributed by atoms with Crippen molar-refractivity contribution in [1.29, 1.82) is 0 Å². The predicted octanol–water partition coefficient (Wildman–Crippen LogP) is 1.59. The van der Waals surface area contributed by atoms with E-state index in [0.29, 0.717) is 6.61 Å². The summed E-state index contributed by atoms with van der Waals surface area (Å²) in [7, 11) is 0. The lowest BCUT2D eigenvalue weighted by Crippen LogP contribution is -2.24. The summed E-state index contributed by atoms with van der Waals surface area (Å²) in [6.45, 7) is 7.43. The molecule has 3 heteroatoms. The molecular formula is C10H22O3. The second-order valence-electron chi connectivity index (χ2n) is 3.37. The fraction of sp³-hybridized carbons (Fsp3) is 1.00. The molecule has 2 atom stereocenters. The molecule has 0 aliphatic heterocycles. The Hall–Kier alpha value is -0.120. The van der Waals surface area contributed by atoms with Crippen LogP contribution in [0.2, 0.25) is 0 Å². The van der Waals surface area contributed by atoms with E-state index >= 15 is 0 Å². The summed E-state index contributed by atoms with van der Waals surface area (Å²) < 4.78 is 10.8. The summed E-state index contributed by atoms with van der Waals surface area (Å²) in [4.78, 5) is 0. The molecule has 0 saturated heterocycles. The van der Waals surface area contributed by atoms with Gasteiger partial charge in [-0.15, -0.1) is 0 Å². The molecule has 0 aromatic carbocycles. The van der Waals surface area contributed by atoms with Crippen LogP contribution in [0.4, 0.5) is 0 Å². The third-order valence-corrected chi connectivity index (χ3v) is 1.72. The first-order valence-corrected chi connectivity index (χ1v) is 5.04. The molecule has 0 spiro atoms. The maximum absolute atomic E-state index is 8.73. The average molecular weight is 190 g/mol. The highest BCUT2D eigenvalue weighted by Crippen LogP contribution is 1.98. The smallest absolute Gasteiger partial charge is 0.0785 e. The van der Waals surface area contributed by atoms with Crippen molar-refractivity contribution in [2.24, 2.45) is 0 Å². The fourth-order valence-corrected chi connectivity index (χ4v) is 0.975. The molecule has 0 heterocycles. The van der Waals surface area contributed by atoms with Crippen LogP contribution in [0.5, 0.6) is 0 Å². The van der Waals surface area contributed by atoms with Crippen LogP contribution in [0.1, 0.15) is 33.6 Å². The van der Waals surface area contributed by atoms with Gasteiger partial charge in [0.25, 0.3) is 0 Å². The number of aliphatic hydroxyl groups excluding tert-OH is 1. The second kappa shape index (κ2) is 8.48. The molecule has 80 valence electrons. The van der Waals surface area contributed by atoms with E-state index in [0.717, 1.165) is 19.4 Å². The van der Waals surface area contributed by atoms with Crippen LogP contribution in [0.25, 0.3) is 0 Å². The van der Waals surface area contributed by atoms with Gasteiger partial charge in [-0.2, -0.15) is 0 Å². The summed E-state index contributed by atoms with van der Waals surface area (Å²) in [5.74, 6) is 0. The average Bonchev–Trinajstić information content (AvgIpc) is 2.12. The maximum atomic E-state index is 8.73. The Balaban J connectivity index is 3.24. The molecule has 0 bridgehead atoms. The lowest BCUT2D eigenvalue weighted by atomic mass is 10.3. The van der Waals surface area contributed by atoms with Crippen molar-refractivity contribution in [3.05, 3.63) is 0 Å². The van der Waals surface area contributed by atoms with E-state index in [4.69, 9.17) is 14.6 Å². The van der Waals surface area contributed by atoms with Gasteiger partial charge < -0.3 is 14.6 Å². The zero-order chi connectivity index (χ0) is 10.1. The Morgan fingerprint density at radius 1 is 1.23 bits per heavy atom. The maximum Gasteiger partial charge on any atom is 0.0785 e. The van der Waals surface area contributed by atoms with E-state index in [2.05, 4.69) is 6.92 Å². The van der Waals surface area contributed by atoms with Gasteiger partial charge in [0.05, 0.1) is 25.4 Å². The van der Waals surface area contributed by atoms with Crippen LogP contribution in [0, 0.1) is 0 Å². The molecule has 1 N–H and O–H groups in total. The van der Waals surface area contributed by atoms with E-state index in [9.17, 15) is 0 Å². The lowest BCUT2D eigenvalue weighted by molar-refractivity contribution is -0.0585. The number of unbranched alkanes of at least 4 members (excludes halogenated alkanes) is 1. The van der Waals surface area contributed by atoms with E-state index < -0.39 is 0 Å². The zero-order valence-corrected chi connectivity index (χ0v) is 8.95. The highest BCUT2D eigenvalue weighted by atomic mass is 16.5. The molecule has 0 aliphatic rings. The lowest BCUT2D eigenvalue weighted by Gasteiger charge is -2.17. The molecule has 0 aliphatic carbocycles. The summed E-state index contributed by atoms with van der Waals surface area (Å²) in [6, 6.07) is 0. The Kier molecular flexibility index (Phi) is 8.40.